The zero-order valence-corrected chi connectivity index (χ0v) is 14.3. The van der Waals surface area contributed by atoms with Gasteiger partial charge < -0.3 is 13.6 Å². The van der Waals surface area contributed by atoms with Gasteiger partial charge >= 0.3 is 0 Å². The maximum atomic E-state index is 9.53. The highest BCUT2D eigenvalue weighted by atomic mass is 27.3. The summed E-state index contributed by atoms with van der Waals surface area (Å²) in [7, 11) is 0. The molecule has 1 fully saturated rings. The molecule has 4 atom stereocenters. The van der Waals surface area contributed by atoms with Gasteiger partial charge in [-0.1, -0.05) is 6.92 Å². The molecule has 1 rings (SSSR count). The highest BCUT2D eigenvalue weighted by Crippen LogP contribution is 2.30. The average molecular weight is 288 g/mol. The van der Waals surface area contributed by atoms with E-state index in [0.717, 1.165) is 12.5 Å². The molecule has 0 aliphatic carbocycles. The molecule has 1 N–H and O–H groups in total. The van der Waals surface area contributed by atoms with Gasteiger partial charge in [0.05, 0.1) is 18.8 Å². The fourth-order valence-electron chi connectivity index (χ4n) is 2.40. The molecule has 1 saturated heterocycles. The molecule has 0 aromatic carbocycles. The molecule has 1 heterocycles. The third-order valence-corrected chi connectivity index (χ3v) is 4.47. The number of aliphatic hydroxyl groups excluding tert-OH is 1. The van der Waals surface area contributed by atoms with E-state index in [1.807, 2.05) is 13.8 Å². The third kappa shape index (κ3) is 6.03. The van der Waals surface area contributed by atoms with E-state index in [1.54, 1.807) is 0 Å². The summed E-state index contributed by atoms with van der Waals surface area (Å²) in [5.74, 6) is 6.91. The van der Waals surface area contributed by atoms with E-state index >= 15 is 0 Å². The molecular weight excluding hydrogens is 259 g/mol. The molecule has 1 aliphatic rings. The Bertz CT molecular complexity index is 265. The Labute approximate surface area is 120 Å². The van der Waals surface area contributed by atoms with Crippen LogP contribution in [0.1, 0.15) is 27.2 Å². The van der Waals surface area contributed by atoms with Crippen LogP contribution < -0.4 is 0 Å². The van der Waals surface area contributed by atoms with Crippen LogP contribution in [0.3, 0.4) is 0 Å². The van der Waals surface area contributed by atoms with Crippen molar-refractivity contribution in [3.63, 3.8) is 0 Å². The van der Waals surface area contributed by atoms with Gasteiger partial charge in [-0.3, -0.25) is 0 Å². The van der Waals surface area contributed by atoms with Gasteiger partial charge in [-0.25, -0.2) is 0 Å². The third-order valence-electron chi connectivity index (χ3n) is 3.30. The van der Waals surface area contributed by atoms with Crippen LogP contribution in [-0.4, -0.2) is 50.0 Å². The number of aliphatic hydroxyl groups is 1. The Balaban J connectivity index is 2.51. The summed E-state index contributed by atoms with van der Waals surface area (Å²) in [6.45, 7) is 6.69. The predicted octanol–water partition coefficient (Wildman–Crippen LogP) is 2.58. The molecule has 1 aliphatic heterocycles. The minimum atomic E-state index is -1.94. The monoisotopic (exact) mass is 288 g/mol. The van der Waals surface area contributed by atoms with Crippen molar-refractivity contribution >= 4 is 13.4 Å². The Morgan fingerprint density at radius 1 is 1.37 bits per heavy atom. The molecule has 0 saturated carbocycles. The Morgan fingerprint density at radius 2 is 2.00 bits per heavy atom. The van der Waals surface area contributed by atoms with Gasteiger partial charge in [-0.05, 0) is 12.3 Å². The largest absolute Gasteiger partial charge is 0.652 e. The minimum absolute atomic E-state index is 0.00927. The highest BCUT2D eigenvalue weighted by Gasteiger charge is 2.38. The molecule has 0 aromatic heterocycles. The number of hydrogen-bond acceptors (Lipinski definition) is 4. The van der Waals surface area contributed by atoms with Gasteiger partial charge in [0.15, 0.2) is 0 Å². The van der Waals surface area contributed by atoms with Gasteiger partial charge in [0.25, 0.3) is 13.4 Å². The first-order chi connectivity index (χ1) is 8.73. The SMILES string of the molecule is C[C+](C)OC[C@@H]1O[C@H](C(CO)[O][Al-]([CH3])([CH3])[CH3])C[C@H]1C. The second kappa shape index (κ2) is 7.31. The number of rotatable bonds is 7. The first kappa shape index (κ1) is 17.3. The second-order valence-electron chi connectivity index (χ2n) is 6.94. The summed E-state index contributed by atoms with van der Waals surface area (Å²) in [6.07, 6.45) is 1.78. The van der Waals surface area contributed by atoms with Crippen LogP contribution in [0.5, 0.6) is 0 Å². The van der Waals surface area contributed by atoms with E-state index < -0.39 is 13.4 Å². The number of hydrogen-bond donors (Lipinski definition) is 1. The van der Waals surface area contributed by atoms with Crippen LogP contribution in [0.15, 0.2) is 0 Å². The summed E-state index contributed by atoms with van der Waals surface area (Å²) in [4.78, 5) is 0. The smallest absolute Gasteiger partial charge is 0.290 e. The van der Waals surface area contributed by atoms with Crippen LogP contribution >= 0.6 is 0 Å². The molecule has 112 valence electrons. The van der Waals surface area contributed by atoms with Crippen LogP contribution in [0.2, 0.25) is 17.4 Å². The molecule has 5 heteroatoms. The molecule has 4 nitrogen and oxygen atoms in total. The lowest BCUT2D eigenvalue weighted by Gasteiger charge is -2.35. The quantitative estimate of drug-likeness (QED) is 0.578. The molecule has 0 spiro atoms. The predicted molar refractivity (Wildman–Crippen MR) is 78.3 cm³/mol. The maximum Gasteiger partial charge on any atom is 0.290 e. The van der Waals surface area contributed by atoms with Crippen LogP contribution in [0.25, 0.3) is 0 Å². The van der Waals surface area contributed by atoms with Crippen molar-refractivity contribution in [1.29, 1.82) is 0 Å². The fraction of sp³-hybridized carbons (Fsp3) is 0.929. The molecule has 0 radical (unpaired) electrons. The first-order valence-corrected chi connectivity index (χ1v) is 11.3. The Hall–Kier alpha value is 0.242. The molecule has 0 aromatic rings. The maximum absolute atomic E-state index is 9.53. The summed E-state index contributed by atoms with van der Waals surface area (Å²) in [6, 6.07) is 0. The van der Waals surface area contributed by atoms with Crippen molar-refractivity contribution in [2.45, 2.75) is 62.9 Å². The summed E-state index contributed by atoms with van der Waals surface area (Å²) >= 11 is -1.94. The highest BCUT2D eigenvalue weighted by molar-refractivity contribution is 6.69. The van der Waals surface area contributed by atoms with Gasteiger partial charge in [-0.15, -0.1) is 0 Å². The fourth-order valence-corrected chi connectivity index (χ4v) is 3.71. The van der Waals surface area contributed by atoms with Crippen molar-refractivity contribution in [2.24, 2.45) is 5.92 Å². The van der Waals surface area contributed by atoms with E-state index in [-0.39, 0.29) is 24.9 Å². The van der Waals surface area contributed by atoms with E-state index in [4.69, 9.17) is 13.3 Å². The van der Waals surface area contributed by atoms with Gasteiger partial charge in [-0.2, -0.15) is 22.1 Å². The van der Waals surface area contributed by atoms with Crippen LogP contribution in [0.4, 0.5) is 0 Å². The van der Waals surface area contributed by atoms with E-state index in [9.17, 15) is 5.11 Å². The van der Waals surface area contributed by atoms with Crippen molar-refractivity contribution < 1.29 is 18.4 Å². The van der Waals surface area contributed by atoms with E-state index in [2.05, 4.69) is 24.3 Å². The minimum Gasteiger partial charge on any atom is -0.652 e. The molecule has 0 amide bonds. The summed E-state index contributed by atoms with van der Waals surface area (Å²) < 4.78 is 17.6. The zero-order valence-electron chi connectivity index (χ0n) is 13.2. The lowest BCUT2D eigenvalue weighted by Crippen LogP contribution is -2.41. The molecule has 1 unspecified atom stereocenters. The van der Waals surface area contributed by atoms with Crippen LogP contribution in [-0.2, 0) is 13.3 Å². The lowest BCUT2D eigenvalue weighted by molar-refractivity contribution is -0.0690. The summed E-state index contributed by atoms with van der Waals surface area (Å²) in [5.41, 5.74) is 0. The molecular formula is C14H29AlO4. The van der Waals surface area contributed by atoms with Crippen molar-refractivity contribution in [2.75, 3.05) is 13.2 Å². The van der Waals surface area contributed by atoms with Crippen molar-refractivity contribution in [3.05, 3.63) is 6.10 Å². The topological polar surface area (TPSA) is 47.9 Å². The van der Waals surface area contributed by atoms with Gasteiger partial charge in [0.1, 0.15) is 20.5 Å². The first-order valence-electron chi connectivity index (χ1n) is 7.36. The van der Waals surface area contributed by atoms with Crippen molar-refractivity contribution in [1.82, 2.24) is 0 Å². The number of ether oxygens (including phenoxy) is 2. The second-order valence-corrected chi connectivity index (χ2v) is 12.1. The van der Waals surface area contributed by atoms with Crippen LogP contribution in [0, 0.1) is 12.0 Å². The summed E-state index contributed by atoms with van der Waals surface area (Å²) in [5, 5.41) is 9.53. The standard InChI is InChI=1S/C11H20O4.3CH3.Al/c1-7(2)14-6-11-8(3)4-10(15-11)9(13)5-12;;;;/h8-12H,4-6H2,1-3H3;3*1H3;/t8-,9?,10+,11+;;;;/m1..../s1. The molecule has 0 bridgehead atoms. The molecule has 19 heavy (non-hydrogen) atoms. The zero-order chi connectivity index (χ0) is 14.6. The van der Waals surface area contributed by atoms with E-state index in [1.165, 1.54) is 0 Å². The lowest BCUT2D eigenvalue weighted by atomic mass is 10.0. The normalized spacial score (nSPS) is 29.5. The van der Waals surface area contributed by atoms with Crippen molar-refractivity contribution in [3.8, 4) is 0 Å². The Morgan fingerprint density at radius 3 is 2.47 bits per heavy atom. The van der Waals surface area contributed by atoms with E-state index in [0.29, 0.717) is 12.5 Å². The average Bonchev–Trinajstić information content (AvgIpc) is 2.63. The van der Waals surface area contributed by atoms with Gasteiger partial charge in [0, 0.05) is 6.10 Å². The Kier molecular flexibility index (Phi) is 6.65. The van der Waals surface area contributed by atoms with Gasteiger partial charge in [0.2, 0.25) is 6.10 Å².